The minimum absolute atomic E-state index is 0.0172. The van der Waals surface area contributed by atoms with E-state index in [0.29, 0.717) is 5.69 Å². The number of benzene rings is 2. The standard InChI is InChI=1S/C23H20N4O5/c1-13-5-4-6-15(9-13)27-20(29)11-19(28)21(26-27)22(30)25-18(23(31)32)10-14-12-24-17-8-3-2-7-16(14)17/h2-9,11-12,18,24,28H,10H2,1H3,(H,25,30)(H,31,32). The summed E-state index contributed by atoms with van der Waals surface area (Å²) in [5.41, 5.74) is 1.78. The Morgan fingerprint density at radius 1 is 1.16 bits per heavy atom. The van der Waals surface area contributed by atoms with Crippen molar-refractivity contribution >= 4 is 22.8 Å². The summed E-state index contributed by atoms with van der Waals surface area (Å²) in [6.07, 6.45) is 1.71. The molecule has 1 amide bonds. The lowest BCUT2D eigenvalue weighted by Crippen LogP contribution is -2.43. The lowest BCUT2D eigenvalue weighted by Gasteiger charge is -2.15. The first-order valence-electron chi connectivity index (χ1n) is 9.82. The molecule has 4 rings (SSSR count). The predicted molar refractivity (Wildman–Crippen MR) is 117 cm³/mol. The molecule has 9 nitrogen and oxygen atoms in total. The van der Waals surface area contributed by atoms with E-state index in [4.69, 9.17) is 0 Å². The molecule has 0 fully saturated rings. The van der Waals surface area contributed by atoms with Crippen LogP contribution in [0.15, 0.2) is 65.6 Å². The van der Waals surface area contributed by atoms with Crippen LogP contribution in [0.5, 0.6) is 5.75 Å². The normalized spacial score (nSPS) is 11.9. The van der Waals surface area contributed by atoms with Crippen LogP contribution >= 0.6 is 0 Å². The zero-order valence-corrected chi connectivity index (χ0v) is 17.1. The molecular weight excluding hydrogens is 412 g/mol. The number of carboxylic acid groups (broad SMARTS) is 1. The zero-order valence-electron chi connectivity index (χ0n) is 17.1. The number of aliphatic carboxylic acids is 1. The summed E-state index contributed by atoms with van der Waals surface area (Å²) in [5.74, 6) is -2.78. The van der Waals surface area contributed by atoms with Gasteiger partial charge in [0.15, 0.2) is 11.4 Å². The number of aromatic hydroxyl groups is 1. The Morgan fingerprint density at radius 3 is 2.69 bits per heavy atom. The third kappa shape index (κ3) is 4.08. The van der Waals surface area contributed by atoms with Crippen molar-refractivity contribution in [2.45, 2.75) is 19.4 Å². The average molecular weight is 432 g/mol. The molecular formula is C23H20N4O5. The first kappa shape index (κ1) is 20.9. The molecule has 162 valence electrons. The van der Waals surface area contributed by atoms with Gasteiger partial charge in [-0.05, 0) is 36.2 Å². The molecule has 0 saturated carbocycles. The summed E-state index contributed by atoms with van der Waals surface area (Å²) in [4.78, 5) is 40.0. The van der Waals surface area contributed by atoms with Crippen LogP contribution in [-0.4, -0.2) is 42.9 Å². The molecule has 0 aliphatic carbocycles. The van der Waals surface area contributed by atoms with Crippen LogP contribution in [-0.2, 0) is 11.2 Å². The van der Waals surface area contributed by atoms with Crippen LogP contribution in [0.25, 0.3) is 16.6 Å². The minimum atomic E-state index is -1.28. The van der Waals surface area contributed by atoms with Crippen molar-refractivity contribution < 1.29 is 19.8 Å². The van der Waals surface area contributed by atoms with Crippen molar-refractivity contribution in [2.75, 3.05) is 0 Å². The highest BCUT2D eigenvalue weighted by Crippen LogP contribution is 2.20. The molecule has 2 aromatic carbocycles. The van der Waals surface area contributed by atoms with E-state index in [1.54, 1.807) is 24.4 Å². The van der Waals surface area contributed by atoms with Crippen LogP contribution in [0, 0.1) is 6.92 Å². The first-order valence-corrected chi connectivity index (χ1v) is 9.82. The summed E-state index contributed by atoms with van der Waals surface area (Å²) < 4.78 is 0.983. The second-order valence-corrected chi connectivity index (χ2v) is 7.40. The van der Waals surface area contributed by atoms with Gasteiger partial charge < -0.3 is 20.5 Å². The number of aromatic amines is 1. The number of hydrogen-bond donors (Lipinski definition) is 4. The average Bonchev–Trinajstić information content (AvgIpc) is 3.16. The van der Waals surface area contributed by atoms with Crippen molar-refractivity contribution in [3.05, 3.63) is 88.0 Å². The highest BCUT2D eigenvalue weighted by Gasteiger charge is 2.25. The molecule has 0 saturated heterocycles. The van der Waals surface area contributed by atoms with Crippen LogP contribution in [0.3, 0.4) is 0 Å². The van der Waals surface area contributed by atoms with E-state index >= 15 is 0 Å². The van der Waals surface area contributed by atoms with Gasteiger partial charge in [0.25, 0.3) is 11.5 Å². The summed E-state index contributed by atoms with van der Waals surface area (Å²) >= 11 is 0. The Bertz CT molecular complexity index is 1390. The van der Waals surface area contributed by atoms with Crippen LogP contribution in [0.2, 0.25) is 0 Å². The number of amides is 1. The van der Waals surface area contributed by atoms with Gasteiger partial charge >= 0.3 is 5.97 Å². The predicted octanol–water partition coefficient (Wildman–Crippen LogP) is 2.15. The number of carboxylic acids is 1. The number of rotatable bonds is 6. The van der Waals surface area contributed by atoms with E-state index in [2.05, 4.69) is 15.4 Å². The van der Waals surface area contributed by atoms with Crippen molar-refractivity contribution in [1.82, 2.24) is 20.1 Å². The third-order valence-electron chi connectivity index (χ3n) is 5.08. The molecule has 0 aliphatic rings. The number of carbonyl (C=O) groups is 2. The van der Waals surface area contributed by atoms with Gasteiger partial charge in [-0.2, -0.15) is 9.78 Å². The van der Waals surface area contributed by atoms with Crippen LogP contribution < -0.4 is 10.9 Å². The molecule has 4 N–H and O–H groups in total. The maximum absolute atomic E-state index is 12.8. The number of fused-ring (bicyclic) bond motifs is 1. The number of nitrogens with one attached hydrogen (secondary N) is 2. The molecule has 1 unspecified atom stereocenters. The Morgan fingerprint density at radius 2 is 1.94 bits per heavy atom. The van der Waals surface area contributed by atoms with E-state index in [-0.39, 0.29) is 6.42 Å². The Balaban J connectivity index is 1.63. The van der Waals surface area contributed by atoms with Gasteiger partial charge in [0.2, 0.25) is 0 Å². The van der Waals surface area contributed by atoms with Gasteiger partial charge in [0, 0.05) is 29.6 Å². The summed E-state index contributed by atoms with van der Waals surface area (Å²) in [6, 6.07) is 13.9. The third-order valence-corrected chi connectivity index (χ3v) is 5.08. The van der Waals surface area contributed by atoms with Gasteiger partial charge in [-0.1, -0.05) is 30.3 Å². The molecule has 0 aliphatic heterocycles. The molecule has 0 bridgehead atoms. The number of H-pyrrole nitrogens is 1. The van der Waals surface area contributed by atoms with Gasteiger partial charge in [0.05, 0.1) is 5.69 Å². The van der Waals surface area contributed by atoms with Crippen LogP contribution in [0.1, 0.15) is 21.6 Å². The molecule has 32 heavy (non-hydrogen) atoms. The fraction of sp³-hybridized carbons (Fsp3) is 0.130. The monoisotopic (exact) mass is 432 g/mol. The van der Waals surface area contributed by atoms with Gasteiger partial charge in [-0.25, -0.2) is 4.79 Å². The Labute approximate surface area is 182 Å². The van der Waals surface area contributed by atoms with Gasteiger partial charge in [-0.15, -0.1) is 0 Å². The van der Waals surface area contributed by atoms with E-state index in [1.165, 1.54) is 0 Å². The number of aryl methyl sites for hydroxylation is 1. The van der Waals surface area contributed by atoms with Crippen LogP contribution in [0.4, 0.5) is 0 Å². The fourth-order valence-corrected chi connectivity index (χ4v) is 3.50. The van der Waals surface area contributed by atoms with Gasteiger partial charge in [0.1, 0.15) is 6.04 Å². The van der Waals surface area contributed by atoms with Crippen molar-refractivity contribution in [2.24, 2.45) is 0 Å². The molecule has 2 heterocycles. The number of para-hydroxylation sites is 1. The SMILES string of the molecule is Cc1cccc(-n2nc(C(=O)NC(Cc3c[nH]c4ccccc34)C(=O)O)c(O)cc2=O)c1. The van der Waals surface area contributed by atoms with E-state index in [9.17, 15) is 24.6 Å². The number of nitrogens with zero attached hydrogens (tertiary/aromatic N) is 2. The largest absolute Gasteiger partial charge is 0.505 e. The first-order chi connectivity index (χ1) is 15.3. The smallest absolute Gasteiger partial charge is 0.326 e. The van der Waals surface area contributed by atoms with E-state index < -0.39 is 34.9 Å². The van der Waals surface area contributed by atoms with E-state index in [1.807, 2.05) is 37.3 Å². The summed E-state index contributed by atoms with van der Waals surface area (Å²) in [5, 5.41) is 27.0. The fourth-order valence-electron chi connectivity index (χ4n) is 3.50. The molecule has 0 spiro atoms. The molecule has 0 radical (unpaired) electrons. The van der Waals surface area contributed by atoms with E-state index in [0.717, 1.165) is 32.8 Å². The maximum atomic E-state index is 12.8. The highest BCUT2D eigenvalue weighted by molar-refractivity contribution is 5.97. The minimum Gasteiger partial charge on any atom is -0.505 e. The lowest BCUT2D eigenvalue weighted by molar-refractivity contribution is -0.139. The molecule has 1 atom stereocenters. The summed E-state index contributed by atoms with van der Waals surface area (Å²) in [6.45, 7) is 1.84. The lowest BCUT2D eigenvalue weighted by atomic mass is 10.0. The topological polar surface area (TPSA) is 137 Å². The summed E-state index contributed by atoms with van der Waals surface area (Å²) in [7, 11) is 0. The molecule has 9 heteroatoms. The number of carbonyl (C=O) groups excluding carboxylic acids is 1. The quantitative estimate of drug-likeness (QED) is 0.368. The van der Waals surface area contributed by atoms with Crippen molar-refractivity contribution in [3.8, 4) is 11.4 Å². The number of hydrogen-bond acceptors (Lipinski definition) is 5. The van der Waals surface area contributed by atoms with Gasteiger partial charge in [-0.3, -0.25) is 9.59 Å². The molecule has 4 aromatic rings. The molecule has 2 aromatic heterocycles. The van der Waals surface area contributed by atoms with Crippen molar-refractivity contribution in [3.63, 3.8) is 0 Å². The van der Waals surface area contributed by atoms with Crippen molar-refractivity contribution in [1.29, 1.82) is 0 Å². The highest BCUT2D eigenvalue weighted by atomic mass is 16.4. The zero-order chi connectivity index (χ0) is 22.8. The number of aromatic nitrogens is 3. The second-order valence-electron chi connectivity index (χ2n) is 7.40. The Hall–Kier alpha value is -4.40. The second kappa shape index (κ2) is 8.38. The maximum Gasteiger partial charge on any atom is 0.326 e. The Kier molecular flexibility index (Phi) is 5.46.